The molecule has 9 atom stereocenters. The molecule has 11 nitrogen and oxygen atoms in total. The van der Waals surface area contributed by atoms with Gasteiger partial charge in [-0.1, -0.05) is 58.9 Å². The first-order valence-electron chi connectivity index (χ1n) is 15.3. The van der Waals surface area contributed by atoms with E-state index < -0.39 is 111 Å². The van der Waals surface area contributed by atoms with Crippen LogP contribution in [0.25, 0.3) is 0 Å². The van der Waals surface area contributed by atoms with Crippen molar-refractivity contribution in [1.82, 2.24) is 5.32 Å². The molecular weight excluding hydrogens is 594 g/mol. The molecule has 1 amide bonds. The molecule has 1 unspecified atom stereocenters. The van der Waals surface area contributed by atoms with Gasteiger partial charge < -0.3 is 36.0 Å². The lowest BCUT2D eigenvalue weighted by molar-refractivity contribution is -0.116. The number of rotatable bonds is 0. The number of hydrogen-bond acceptors (Lipinski definition) is 10. The van der Waals surface area contributed by atoms with Crippen LogP contribution in [-0.2, 0) is 4.79 Å². The second kappa shape index (κ2) is 14.3. The van der Waals surface area contributed by atoms with E-state index in [-0.39, 0.29) is 16.7 Å². The van der Waals surface area contributed by atoms with Crippen molar-refractivity contribution in [1.29, 1.82) is 0 Å². The first-order valence-corrected chi connectivity index (χ1v) is 15.3. The summed E-state index contributed by atoms with van der Waals surface area (Å²) in [5.41, 5.74) is -2.08. The number of phenolic OH excluding ortho intramolecular Hbond substituents is 2. The lowest BCUT2D eigenvalue weighted by Crippen LogP contribution is -2.45. The van der Waals surface area contributed by atoms with Crippen molar-refractivity contribution in [3.8, 4) is 11.5 Å². The van der Waals surface area contributed by atoms with Crippen LogP contribution in [0, 0.1) is 36.5 Å². The Morgan fingerprint density at radius 2 is 1.11 bits per heavy atom. The largest absolute Gasteiger partial charge is 0.507 e. The lowest BCUT2D eigenvalue weighted by Gasteiger charge is -2.36. The highest BCUT2D eigenvalue weighted by Gasteiger charge is 2.39. The maximum Gasteiger partial charge on any atom is 0.251 e. The quantitative estimate of drug-likeness (QED) is 0.221. The van der Waals surface area contributed by atoms with Crippen molar-refractivity contribution in [3.05, 3.63) is 69.5 Å². The van der Waals surface area contributed by atoms with Crippen molar-refractivity contribution in [2.75, 3.05) is 0 Å². The number of carbonyl (C=O) groups is 4. The summed E-state index contributed by atoms with van der Waals surface area (Å²) in [6.07, 6.45) is 2.23. The molecule has 0 spiro atoms. The molecule has 0 radical (unpaired) electrons. The van der Waals surface area contributed by atoms with Crippen molar-refractivity contribution >= 4 is 23.3 Å². The highest BCUT2D eigenvalue weighted by Crippen LogP contribution is 2.41. The van der Waals surface area contributed by atoms with Crippen LogP contribution in [0.1, 0.15) is 85.1 Å². The average molecular weight is 640 g/mol. The third-order valence-corrected chi connectivity index (χ3v) is 9.45. The summed E-state index contributed by atoms with van der Waals surface area (Å²) in [5, 5.41) is 68.4. The number of benzene rings is 1. The van der Waals surface area contributed by atoms with E-state index in [4.69, 9.17) is 0 Å². The van der Waals surface area contributed by atoms with Crippen molar-refractivity contribution < 1.29 is 49.8 Å². The van der Waals surface area contributed by atoms with Crippen molar-refractivity contribution in [3.63, 3.8) is 0 Å². The molecule has 3 aliphatic rings. The van der Waals surface area contributed by atoms with E-state index in [1.54, 1.807) is 40.7 Å². The van der Waals surface area contributed by atoms with Gasteiger partial charge in [-0.05, 0) is 26.3 Å². The molecule has 0 fully saturated rings. The predicted molar refractivity (Wildman–Crippen MR) is 170 cm³/mol. The molecule has 4 bridgehead atoms. The van der Waals surface area contributed by atoms with Crippen LogP contribution in [-0.4, -0.2) is 78.3 Å². The third kappa shape index (κ3) is 6.92. The summed E-state index contributed by atoms with van der Waals surface area (Å²) in [4.78, 5) is 53.6. The number of carbonyl (C=O) groups excluding carboxylic acids is 4. The predicted octanol–water partition coefficient (Wildman–Crippen LogP) is 3.05. The molecule has 1 aromatic carbocycles. The summed E-state index contributed by atoms with van der Waals surface area (Å²) < 4.78 is 0. The molecule has 7 N–H and O–H groups in total. The smallest absolute Gasteiger partial charge is 0.251 e. The van der Waals surface area contributed by atoms with Crippen molar-refractivity contribution in [2.45, 2.75) is 79.8 Å². The summed E-state index contributed by atoms with van der Waals surface area (Å²) in [5.74, 6) is -8.28. The zero-order chi connectivity index (χ0) is 34.9. The van der Waals surface area contributed by atoms with Crippen LogP contribution >= 0.6 is 0 Å². The Balaban J connectivity index is 2.20. The van der Waals surface area contributed by atoms with Gasteiger partial charge in [0.15, 0.2) is 11.6 Å². The maximum atomic E-state index is 13.7. The molecule has 0 saturated carbocycles. The second-order valence-corrected chi connectivity index (χ2v) is 12.8. The molecule has 0 saturated heterocycles. The minimum Gasteiger partial charge on any atom is -0.507 e. The van der Waals surface area contributed by atoms with E-state index in [1.807, 2.05) is 0 Å². The van der Waals surface area contributed by atoms with E-state index in [0.717, 1.165) is 6.08 Å². The van der Waals surface area contributed by atoms with Crippen LogP contribution in [0.4, 0.5) is 0 Å². The van der Waals surface area contributed by atoms with E-state index in [1.165, 1.54) is 39.0 Å². The van der Waals surface area contributed by atoms with Gasteiger partial charge in [-0.15, -0.1) is 0 Å². The number of phenols is 2. The number of allylic oxidation sites excluding steroid dienone is 5. The zero-order valence-corrected chi connectivity index (χ0v) is 27.4. The SMILES string of the molecule is C/C1=C/C=C\[C@H](C)[C@H](O)[C@@H](C)[C@@H](O)[C@@H](C)[C@H](O)[C@H](C)[C@@H](O)C(C)/C=C(/C)C(=O)c2c(O)c(C)c(O)c3c2C(=O)C=C(NC1=O)C3=O. The van der Waals surface area contributed by atoms with Gasteiger partial charge in [-0.25, -0.2) is 0 Å². The summed E-state index contributed by atoms with van der Waals surface area (Å²) in [7, 11) is 0. The van der Waals surface area contributed by atoms with Crippen LogP contribution < -0.4 is 5.32 Å². The Morgan fingerprint density at radius 1 is 0.630 bits per heavy atom. The fraction of sp³-hybridized carbons (Fsp3) is 0.486. The van der Waals surface area contributed by atoms with Crippen LogP contribution in [0.3, 0.4) is 0 Å². The van der Waals surface area contributed by atoms with E-state index in [0.29, 0.717) is 0 Å². The fourth-order valence-corrected chi connectivity index (χ4v) is 6.11. The minimum atomic E-state index is -1.21. The molecular formula is C35H45NO10. The van der Waals surface area contributed by atoms with Gasteiger partial charge in [0, 0.05) is 46.8 Å². The zero-order valence-electron chi connectivity index (χ0n) is 27.4. The van der Waals surface area contributed by atoms with Crippen LogP contribution in [0.5, 0.6) is 11.5 Å². The first-order chi connectivity index (χ1) is 21.3. The topological polar surface area (TPSA) is 202 Å². The summed E-state index contributed by atoms with van der Waals surface area (Å²) in [6, 6.07) is 0. The monoisotopic (exact) mass is 639 g/mol. The highest BCUT2D eigenvalue weighted by molar-refractivity contribution is 6.31. The summed E-state index contributed by atoms with van der Waals surface area (Å²) in [6.45, 7) is 12.3. The van der Waals surface area contributed by atoms with E-state index in [9.17, 15) is 49.8 Å². The highest BCUT2D eigenvalue weighted by atomic mass is 16.3. The molecule has 1 aliphatic carbocycles. The Labute approximate surface area is 268 Å². The van der Waals surface area contributed by atoms with Gasteiger partial charge in [0.2, 0.25) is 5.78 Å². The minimum absolute atomic E-state index is 0.00428. The fourth-order valence-electron chi connectivity index (χ4n) is 6.11. The molecule has 11 heteroatoms. The summed E-state index contributed by atoms with van der Waals surface area (Å²) >= 11 is 0. The number of nitrogens with one attached hydrogen (secondary N) is 1. The van der Waals surface area contributed by atoms with Gasteiger partial charge in [-0.3, -0.25) is 19.2 Å². The number of Topliss-reactive ketones (excluding diaryl/α,β-unsaturated/α-hetero) is 2. The number of hydrogen-bond donors (Lipinski definition) is 7. The van der Waals surface area contributed by atoms with Gasteiger partial charge in [0.25, 0.3) is 5.91 Å². The molecule has 46 heavy (non-hydrogen) atoms. The number of amides is 1. The number of ketones is 3. The maximum absolute atomic E-state index is 13.7. The normalized spacial score (nSPS) is 35.0. The van der Waals surface area contributed by atoms with Gasteiger partial charge in [0.05, 0.1) is 46.8 Å². The van der Waals surface area contributed by atoms with Crippen LogP contribution in [0.2, 0.25) is 0 Å². The number of aliphatic hydroxyl groups is 4. The number of aromatic hydroxyl groups is 2. The first kappa shape index (κ1) is 36.6. The Kier molecular flexibility index (Phi) is 11.3. The second-order valence-electron chi connectivity index (χ2n) is 12.8. The van der Waals surface area contributed by atoms with E-state index in [2.05, 4.69) is 5.32 Å². The molecule has 1 aromatic rings. The Hall–Kier alpha value is -3.90. The van der Waals surface area contributed by atoms with E-state index >= 15 is 0 Å². The number of aliphatic hydroxyl groups excluding tert-OH is 4. The van der Waals surface area contributed by atoms with Crippen LogP contribution in [0.15, 0.2) is 47.2 Å². The molecule has 4 rings (SSSR count). The molecule has 2 aliphatic heterocycles. The Morgan fingerprint density at radius 3 is 1.65 bits per heavy atom. The Bertz CT molecular complexity index is 1550. The molecule has 0 aromatic heterocycles. The lowest BCUT2D eigenvalue weighted by atomic mass is 9.77. The number of fused-ring (bicyclic) bond motifs is 15. The van der Waals surface area contributed by atoms with Gasteiger partial charge in [0.1, 0.15) is 11.5 Å². The molecule has 2 heterocycles. The van der Waals surface area contributed by atoms with Gasteiger partial charge in [-0.2, -0.15) is 0 Å². The average Bonchev–Trinajstić information content (AvgIpc) is 3.02. The van der Waals surface area contributed by atoms with Gasteiger partial charge >= 0.3 is 0 Å². The standard InChI is InChI=1S/C35H45NO10/c1-14-10-9-11-15(2)35(46)36-22-13-23(37)24-25(32(43)21(8)33(44)26(24)34(22)45)29(40)17(4)12-16(3)28(39)19(6)31(42)20(7)30(41)18(5)27(14)38/h9-14,16,18-20,27-28,30-31,38-39,41-44H,1-8H3,(H,36,46)/b10-9-,15-11-,17-12-/t14-,16?,18+,19+,20+,27-,28-,30+,31+/m0/s1. The van der Waals surface area contributed by atoms with Crippen molar-refractivity contribution in [2.24, 2.45) is 29.6 Å². The molecule has 250 valence electrons. The third-order valence-electron chi connectivity index (χ3n) is 9.45.